The third-order valence-corrected chi connectivity index (χ3v) is 5.17. The summed E-state index contributed by atoms with van der Waals surface area (Å²) in [7, 11) is 0. The predicted molar refractivity (Wildman–Crippen MR) is 88.2 cm³/mol. The van der Waals surface area contributed by atoms with Crippen molar-refractivity contribution >= 4 is 17.7 Å². The molecule has 0 aliphatic heterocycles. The topological polar surface area (TPSA) is 49.3 Å². The fraction of sp³-hybridized carbons (Fsp3) is 0.588. The normalized spacial score (nSPS) is 25.5. The van der Waals surface area contributed by atoms with Crippen LogP contribution in [0.1, 0.15) is 38.2 Å². The number of benzene rings is 1. The van der Waals surface area contributed by atoms with Gasteiger partial charge in [0.2, 0.25) is 5.91 Å². The molecule has 1 saturated carbocycles. The van der Waals surface area contributed by atoms with Gasteiger partial charge in [0.25, 0.3) is 0 Å². The van der Waals surface area contributed by atoms with Gasteiger partial charge in [-0.05, 0) is 37.2 Å². The van der Waals surface area contributed by atoms with Crippen molar-refractivity contribution in [3.8, 4) is 0 Å². The number of carbonyl (C=O) groups is 1. The maximum atomic E-state index is 11.8. The van der Waals surface area contributed by atoms with Gasteiger partial charge < -0.3 is 10.4 Å². The second-order valence-electron chi connectivity index (χ2n) is 6.16. The molecule has 1 aromatic carbocycles. The molecule has 2 N–H and O–H groups in total. The second kappa shape index (κ2) is 7.85. The Kier molecular flexibility index (Phi) is 6.12. The zero-order chi connectivity index (χ0) is 15.1. The summed E-state index contributed by atoms with van der Waals surface area (Å²) in [4.78, 5) is 11.8. The molecule has 1 fully saturated rings. The molecular formula is C17H25NO2S. The Bertz CT molecular complexity index is 441. The first kappa shape index (κ1) is 16.4. The van der Waals surface area contributed by atoms with Gasteiger partial charge in [-0.3, -0.25) is 4.79 Å². The summed E-state index contributed by atoms with van der Waals surface area (Å²) >= 11 is 1.61. The molecule has 0 atom stereocenters. The smallest absolute Gasteiger partial charge is 0.230 e. The van der Waals surface area contributed by atoms with Crippen LogP contribution in [0.3, 0.4) is 0 Å². The maximum Gasteiger partial charge on any atom is 0.230 e. The minimum atomic E-state index is -0.688. The Morgan fingerprint density at radius 3 is 2.67 bits per heavy atom. The predicted octanol–water partition coefficient (Wildman–Crippen LogP) is 2.98. The van der Waals surface area contributed by atoms with Crippen molar-refractivity contribution < 1.29 is 9.90 Å². The van der Waals surface area contributed by atoms with Crippen molar-refractivity contribution in [3.63, 3.8) is 0 Å². The highest BCUT2D eigenvalue weighted by Gasteiger charge is 2.31. The average molecular weight is 307 g/mol. The number of aliphatic hydroxyl groups is 1. The van der Waals surface area contributed by atoms with Crippen LogP contribution in [0.4, 0.5) is 0 Å². The van der Waals surface area contributed by atoms with E-state index < -0.39 is 5.60 Å². The average Bonchev–Trinajstić information content (AvgIpc) is 2.50. The molecule has 0 aromatic heterocycles. The molecule has 0 spiro atoms. The number of thioether (sulfide) groups is 1. The Hall–Kier alpha value is -1.00. The zero-order valence-electron chi connectivity index (χ0n) is 12.7. The van der Waals surface area contributed by atoms with E-state index >= 15 is 0 Å². The van der Waals surface area contributed by atoms with Crippen LogP contribution in [0.5, 0.6) is 0 Å². The van der Waals surface area contributed by atoms with Gasteiger partial charge >= 0.3 is 0 Å². The Labute approximate surface area is 131 Å². The third-order valence-electron chi connectivity index (χ3n) is 4.16. The first-order chi connectivity index (χ1) is 10.1. The molecule has 0 saturated heterocycles. The summed E-state index contributed by atoms with van der Waals surface area (Å²) in [5.74, 6) is 2.00. The van der Waals surface area contributed by atoms with Crippen LogP contribution in [0.15, 0.2) is 30.3 Å². The lowest BCUT2D eigenvalue weighted by molar-refractivity contribution is -0.120. The van der Waals surface area contributed by atoms with Gasteiger partial charge in [0.1, 0.15) is 0 Å². The molecule has 116 valence electrons. The third kappa shape index (κ3) is 5.71. The number of hydrogen-bond donors (Lipinski definition) is 2. The van der Waals surface area contributed by atoms with Gasteiger partial charge in [0, 0.05) is 12.3 Å². The first-order valence-corrected chi connectivity index (χ1v) is 8.84. The lowest BCUT2D eigenvalue weighted by Gasteiger charge is -2.34. The van der Waals surface area contributed by atoms with E-state index in [2.05, 4.69) is 24.4 Å². The maximum absolute atomic E-state index is 11.8. The van der Waals surface area contributed by atoms with Crippen molar-refractivity contribution in [1.29, 1.82) is 0 Å². The van der Waals surface area contributed by atoms with E-state index in [1.807, 2.05) is 18.2 Å². The van der Waals surface area contributed by atoms with Crippen molar-refractivity contribution in [1.82, 2.24) is 5.32 Å². The molecule has 0 unspecified atom stereocenters. The molecule has 3 nitrogen and oxygen atoms in total. The molecule has 0 heterocycles. The van der Waals surface area contributed by atoms with Gasteiger partial charge in [-0.1, -0.05) is 37.3 Å². The zero-order valence-corrected chi connectivity index (χ0v) is 13.5. The highest BCUT2D eigenvalue weighted by atomic mass is 32.2. The van der Waals surface area contributed by atoms with Crippen LogP contribution in [-0.4, -0.2) is 28.9 Å². The largest absolute Gasteiger partial charge is 0.388 e. The summed E-state index contributed by atoms with van der Waals surface area (Å²) in [5, 5.41) is 13.3. The van der Waals surface area contributed by atoms with Crippen LogP contribution in [-0.2, 0) is 10.5 Å². The number of hydrogen-bond acceptors (Lipinski definition) is 3. The summed E-state index contributed by atoms with van der Waals surface area (Å²) in [6.45, 7) is 2.61. The van der Waals surface area contributed by atoms with E-state index in [-0.39, 0.29) is 5.91 Å². The van der Waals surface area contributed by atoms with Gasteiger partial charge in [-0.15, -0.1) is 11.8 Å². The fourth-order valence-electron chi connectivity index (χ4n) is 2.63. The number of rotatable bonds is 6. The summed E-state index contributed by atoms with van der Waals surface area (Å²) in [6, 6.07) is 10.1. The van der Waals surface area contributed by atoms with Gasteiger partial charge in [0.15, 0.2) is 0 Å². The minimum Gasteiger partial charge on any atom is -0.388 e. The minimum absolute atomic E-state index is 0.0166. The van der Waals surface area contributed by atoms with Gasteiger partial charge in [-0.25, -0.2) is 0 Å². The standard InChI is InChI=1S/C17H25NO2S/c1-14-7-9-17(20,10-8-14)13-18-16(19)12-21-11-15-5-3-2-4-6-15/h2-6,14,20H,7-13H2,1H3,(H,18,19). The molecule has 1 aliphatic rings. The molecular weight excluding hydrogens is 282 g/mol. The van der Waals surface area contributed by atoms with Crippen molar-refractivity contribution in [3.05, 3.63) is 35.9 Å². The molecule has 0 radical (unpaired) electrons. The highest BCUT2D eigenvalue weighted by molar-refractivity contribution is 7.99. The number of amides is 1. The molecule has 2 rings (SSSR count). The summed E-state index contributed by atoms with van der Waals surface area (Å²) in [5.41, 5.74) is 0.543. The van der Waals surface area contributed by atoms with Crippen molar-refractivity contribution in [2.75, 3.05) is 12.3 Å². The quantitative estimate of drug-likeness (QED) is 0.849. The monoisotopic (exact) mass is 307 g/mol. The number of carbonyl (C=O) groups excluding carboxylic acids is 1. The molecule has 0 bridgehead atoms. The Balaban J connectivity index is 1.63. The lowest BCUT2D eigenvalue weighted by atomic mass is 9.79. The van der Waals surface area contributed by atoms with Crippen LogP contribution in [0.25, 0.3) is 0 Å². The fourth-order valence-corrected chi connectivity index (χ4v) is 3.44. The second-order valence-corrected chi connectivity index (χ2v) is 7.15. The van der Waals surface area contributed by atoms with E-state index in [1.54, 1.807) is 11.8 Å². The van der Waals surface area contributed by atoms with Crippen molar-refractivity contribution in [2.24, 2.45) is 5.92 Å². The van der Waals surface area contributed by atoms with E-state index in [0.29, 0.717) is 18.2 Å². The SMILES string of the molecule is CC1CCC(O)(CNC(=O)CSCc2ccccc2)CC1. The van der Waals surface area contributed by atoms with Crippen LogP contribution in [0.2, 0.25) is 0 Å². The van der Waals surface area contributed by atoms with E-state index in [4.69, 9.17) is 0 Å². The Morgan fingerprint density at radius 2 is 2.00 bits per heavy atom. The van der Waals surface area contributed by atoms with Crippen LogP contribution in [0, 0.1) is 5.92 Å². The van der Waals surface area contributed by atoms with Crippen LogP contribution >= 0.6 is 11.8 Å². The van der Waals surface area contributed by atoms with Crippen molar-refractivity contribution in [2.45, 2.75) is 44.0 Å². The number of nitrogens with one attached hydrogen (secondary N) is 1. The Morgan fingerprint density at radius 1 is 1.33 bits per heavy atom. The van der Waals surface area contributed by atoms with Gasteiger partial charge in [-0.2, -0.15) is 0 Å². The van der Waals surface area contributed by atoms with Gasteiger partial charge in [0.05, 0.1) is 11.4 Å². The highest BCUT2D eigenvalue weighted by Crippen LogP contribution is 2.31. The molecule has 1 aromatic rings. The molecule has 4 heteroatoms. The molecule has 1 amide bonds. The van der Waals surface area contributed by atoms with Crippen LogP contribution < -0.4 is 5.32 Å². The summed E-state index contributed by atoms with van der Waals surface area (Å²) < 4.78 is 0. The molecule has 1 aliphatic carbocycles. The first-order valence-electron chi connectivity index (χ1n) is 7.68. The van der Waals surface area contributed by atoms with E-state index in [0.717, 1.165) is 31.4 Å². The van der Waals surface area contributed by atoms with E-state index in [9.17, 15) is 9.90 Å². The lowest BCUT2D eigenvalue weighted by Crippen LogP contribution is -2.45. The summed E-state index contributed by atoms with van der Waals surface area (Å²) in [6.07, 6.45) is 3.70. The van der Waals surface area contributed by atoms with E-state index in [1.165, 1.54) is 5.56 Å². The molecule has 21 heavy (non-hydrogen) atoms.